The maximum atomic E-state index is 11.8. The lowest BCUT2D eigenvalue weighted by molar-refractivity contribution is 0.250. The van der Waals surface area contributed by atoms with E-state index < -0.39 is 0 Å². The Kier molecular flexibility index (Phi) is 6.52. The molecule has 0 spiro atoms. The van der Waals surface area contributed by atoms with Gasteiger partial charge in [0.2, 0.25) is 0 Å². The lowest BCUT2D eigenvalue weighted by atomic mass is 9.95. The minimum atomic E-state index is -0.156. The second-order valence-corrected chi connectivity index (χ2v) is 6.24. The number of benzene rings is 1. The third-order valence-corrected chi connectivity index (χ3v) is 3.94. The Labute approximate surface area is 133 Å². The molecule has 0 radical (unpaired) electrons. The van der Waals surface area contributed by atoms with Gasteiger partial charge >= 0.3 is 6.03 Å². The molecular weight excluding hydrogens is 276 g/mol. The van der Waals surface area contributed by atoms with Crippen LogP contribution < -0.4 is 16.0 Å². The highest BCUT2D eigenvalue weighted by molar-refractivity contribution is 5.89. The molecule has 1 aromatic rings. The zero-order chi connectivity index (χ0) is 15.8. The number of urea groups is 1. The van der Waals surface area contributed by atoms with E-state index in [0.29, 0.717) is 12.6 Å². The number of anilines is 2. The predicted octanol–water partition coefficient (Wildman–Crippen LogP) is 3.11. The van der Waals surface area contributed by atoms with Crippen LogP contribution in [0, 0.1) is 0 Å². The number of amides is 2. The summed E-state index contributed by atoms with van der Waals surface area (Å²) >= 11 is 0. The molecule has 5 heteroatoms. The average Bonchev–Trinajstić information content (AvgIpc) is 2.48. The SMILES string of the molecule is CN(C)CCNC(=O)Nc1cccc(NC2CCCCC2)c1. The first-order chi connectivity index (χ1) is 10.6. The number of hydrogen-bond acceptors (Lipinski definition) is 3. The fraction of sp³-hybridized carbons (Fsp3) is 0.588. The smallest absolute Gasteiger partial charge is 0.319 e. The van der Waals surface area contributed by atoms with Crippen molar-refractivity contribution in [3.63, 3.8) is 0 Å². The van der Waals surface area contributed by atoms with Gasteiger partial charge in [-0.2, -0.15) is 0 Å². The van der Waals surface area contributed by atoms with Gasteiger partial charge in [0.15, 0.2) is 0 Å². The molecule has 1 saturated carbocycles. The second-order valence-electron chi connectivity index (χ2n) is 6.24. The molecule has 0 aliphatic heterocycles. The average molecular weight is 304 g/mol. The van der Waals surface area contributed by atoms with E-state index in [-0.39, 0.29) is 6.03 Å². The summed E-state index contributed by atoms with van der Waals surface area (Å²) in [6, 6.07) is 8.36. The van der Waals surface area contributed by atoms with Crippen molar-refractivity contribution >= 4 is 17.4 Å². The van der Waals surface area contributed by atoms with Crippen molar-refractivity contribution in [1.82, 2.24) is 10.2 Å². The van der Waals surface area contributed by atoms with Crippen LogP contribution in [-0.2, 0) is 0 Å². The van der Waals surface area contributed by atoms with Crippen LogP contribution in [0.5, 0.6) is 0 Å². The first-order valence-corrected chi connectivity index (χ1v) is 8.19. The van der Waals surface area contributed by atoms with E-state index in [0.717, 1.165) is 17.9 Å². The van der Waals surface area contributed by atoms with E-state index in [9.17, 15) is 4.79 Å². The van der Waals surface area contributed by atoms with E-state index in [4.69, 9.17) is 0 Å². The van der Waals surface area contributed by atoms with Gasteiger partial charge < -0.3 is 20.9 Å². The Balaban J connectivity index is 1.81. The van der Waals surface area contributed by atoms with Crippen molar-refractivity contribution in [1.29, 1.82) is 0 Å². The van der Waals surface area contributed by atoms with Crippen molar-refractivity contribution in [2.24, 2.45) is 0 Å². The van der Waals surface area contributed by atoms with E-state index in [1.165, 1.54) is 32.1 Å². The van der Waals surface area contributed by atoms with Crippen LogP contribution in [0.1, 0.15) is 32.1 Å². The van der Waals surface area contributed by atoms with Gasteiger partial charge in [-0.1, -0.05) is 25.3 Å². The van der Waals surface area contributed by atoms with Gasteiger partial charge in [0, 0.05) is 30.5 Å². The predicted molar refractivity (Wildman–Crippen MR) is 92.5 cm³/mol. The maximum Gasteiger partial charge on any atom is 0.319 e. The molecule has 2 rings (SSSR count). The summed E-state index contributed by atoms with van der Waals surface area (Å²) in [7, 11) is 3.97. The molecule has 122 valence electrons. The second kappa shape index (κ2) is 8.63. The number of rotatable bonds is 6. The van der Waals surface area contributed by atoms with Crippen LogP contribution in [0.15, 0.2) is 24.3 Å². The Morgan fingerprint density at radius 2 is 1.91 bits per heavy atom. The summed E-state index contributed by atoms with van der Waals surface area (Å²) in [6.45, 7) is 1.47. The molecule has 0 atom stereocenters. The van der Waals surface area contributed by atoms with Crippen molar-refractivity contribution in [2.45, 2.75) is 38.1 Å². The number of nitrogens with zero attached hydrogens (tertiary/aromatic N) is 1. The molecule has 0 unspecified atom stereocenters. The summed E-state index contributed by atoms with van der Waals surface area (Å²) in [5, 5.41) is 9.31. The van der Waals surface area contributed by atoms with Gasteiger partial charge in [0.05, 0.1) is 0 Å². The number of carbonyl (C=O) groups is 1. The van der Waals surface area contributed by atoms with E-state index >= 15 is 0 Å². The van der Waals surface area contributed by atoms with Gasteiger partial charge in [-0.05, 0) is 45.1 Å². The molecule has 3 N–H and O–H groups in total. The van der Waals surface area contributed by atoms with Crippen LogP contribution in [0.2, 0.25) is 0 Å². The lowest BCUT2D eigenvalue weighted by Crippen LogP contribution is -2.34. The molecule has 0 aromatic heterocycles. The summed E-state index contributed by atoms with van der Waals surface area (Å²) < 4.78 is 0. The van der Waals surface area contributed by atoms with Gasteiger partial charge in [0.1, 0.15) is 0 Å². The zero-order valence-electron chi connectivity index (χ0n) is 13.7. The van der Waals surface area contributed by atoms with E-state index in [1.54, 1.807) is 0 Å². The Bertz CT molecular complexity index is 469. The van der Waals surface area contributed by atoms with Gasteiger partial charge in [-0.15, -0.1) is 0 Å². The fourth-order valence-electron chi connectivity index (χ4n) is 2.74. The molecule has 22 heavy (non-hydrogen) atoms. The Morgan fingerprint density at radius 3 is 2.64 bits per heavy atom. The summed E-state index contributed by atoms with van der Waals surface area (Å²) in [6.07, 6.45) is 6.45. The Hall–Kier alpha value is -1.75. The molecule has 0 saturated heterocycles. The quantitative estimate of drug-likeness (QED) is 0.757. The summed E-state index contributed by atoms with van der Waals surface area (Å²) in [4.78, 5) is 13.9. The molecule has 0 heterocycles. The fourth-order valence-corrected chi connectivity index (χ4v) is 2.74. The van der Waals surface area contributed by atoms with Gasteiger partial charge in [0.25, 0.3) is 0 Å². The molecule has 0 bridgehead atoms. The minimum Gasteiger partial charge on any atom is -0.382 e. The number of carbonyl (C=O) groups excluding carboxylic acids is 1. The topological polar surface area (TPSA) is 56.4 Å². The molecule has 1 aromatic carbocycles. The summed E-state index contributed by atoms with van der Waals surface area (Å²) in [5.74, 6) is 0. The highest BCUT2D eigenvalue weighted by Gasteiger charge is 2.13. The van der Waals surface area contributed by atoms with Crippen molar-refractivity contribution in [3.8, 4) is 0 Å². The first-order valence-electron chi connectivity index (χ1n) is 8.19. The normalized spacial score (nSPS) is 15.6. The molecule has 1 fully saturated rings. The molecule has 5 nitrogen and oxygen atoms in total. The molecular formula is C17H28N4O. The van der Waals surface area contributed by atoms with Crippen molar-refractivity contribution < 1.29 is 4.79 Å². The van der Waals surface area contributed by atoms with Crippen LogP contribution in [-0.4, -0.2) is 44.2 Å². The number of nitrogens with one attached hydrogen (secondary N) is 3. The molecule has 1 aliphatic carbocycles. The first kappa shape index (κ1) is 16.6. The zero-order valence-corrected chi connectivity index (χ0v) is 13.7. The highest BCUT2D eigenvalue weighted by atomic mass is 16.2. The van der Waals surface area contributed by atoms with Crippen LogP contribution in [0.25, 0.3) is 0 Å². The maximum absolute atomic E-state index is 11.8. The molecule has 1 aliphatic rings. The van der Waals surface area contributed by atoms with Gasteiger partial charge in [-0.3, -0.25) is 0 Å². The lowest BCUT2D eigenvalue weighted by Gasteiger charge is -2.24. The number of hydrogen-bond donors (Lipinski definition) is 3. The van der Waals surface area contributed by atoms with Crippen molar-refractivity contribution in [2.75, 3.05) is 37.8 Å². The van der Waals surface area contributed by atoms with E-state index in [1.807, 2.05) is 37.2 Å². The van der Waals surface area contributed by atoms with Gasteiger partial charge in [-0.25, -0.2) is 4.79 Å². The number of likely N-dealkylation sites (N-methyl/N-ethyl adjacent to an activating group) is 1. The van der Waals surface area contributed by atoms with Crippen LogP contribution in [0.3, 0.4) is 0 Å². The minimum absolute atomic E-state index is 0.156. The third-order valence-electron chi connectivity index (χ3n) is 3.94. The van der Waals surface area contributed by atoms with Crippen LogP contribution >= 0.6 is 0 Å². The van der Waals surface area contributed by atoms with Crippen molar-refractivity contribution in [3.05, 3.63) is 24.3 Å². The molecule has 2 amide bonds. The monoisotopic (exact) mass is 304 g/mol. The highest BCUT2D eigenvalue weighted by Crippen LogP contribution is 2.23. The van der Waals surface area contributed by atoms with Crippen LogP contribution in [0.4, 0.5) is 16.2 Å². The summed E-state index contributed by atoms with van der Waals surface area (Å²) in [5.41, 5.74) is 1.90. The van der Waals surface area contributed by atoms with E-state index in [2.05, 4.69) is 22.0 Å². The third kappa shape index (κ3) is 5.93. The Morgan fingerprint density at radius 1 is 1.18 bits per heavy atom. The largest absolute Gasteiger partial charge is 0.382 e. The standard InChI is InChI=1S/C17H28N4O/c1-21(2)12-11-18-17(22)20-16-10-6-9-15(13-16)19-14-7-4-3-5-8-14/h6,9-10,13-14,19H,3-5,7-8,11-12H2,1-2H3,(H2,18,20,22).